The fourth-order valence-corrected chi connectivity index (χ4v) is 2.19. The molecule has 2 aromatic rings. The largest absolute Gasteiger partial charge is 0.480 e. The first-order valence-corrected chi connectivity index (χ1v) is 7.37. The molecular weight excluding hydrogens is 300 g/mol. The van der Waals surface area contributed by atoms with Gasteiger partial charge in [0.15, 0.2) is 0 Å². The number of aryl methyl sites for hydroxylation is 1. The summed E-state index contributed by atoms with van der Waals surface area (Å²) in [5.74, 6) is -1.50. The molecule has 0 unspecified atom stereocenters. The average Bonchev–Trinajstić information content (AvgIpc) is 2.54. The molecule has 0 aliphatic carbocycles. The van der Waals surface area contributed by atoms with Crippen molar-refractivity contribution in [1.82, 2.24) is 20.3 Å². The Labute approximate surface area is 132 Å². The Kier molecular flexibility index (Phi) is 5.40. The monoisotopic (exact) mass is 318 g/mol. The number of carbonyl (C=O) groups excluding carboxylic acids is 1. The van der Waals surface area contributed by atoms with E-state index in [0.717, 1.165) is 4.68 Å². The van der Waals surface area contributed by atoms with Crippen LogP contribution in [0.2, 0.25) is 0 Å². The van der Waals surface area contributed by atoms with Crippen LogP contribution >= 0.6 is 0 Å². The minimum Gasteiger partial charge on any atom is -0.480 e. The molecule has 122 valence electrons. The number of nitrogens with one attached hydrogen (secondary N) is 1. The molecule has 0 spiro atoms. The molecule has 2 N–H and O–H groups in total. The summed E-state index contributed by atoms with van der Waals surface area (Å²) in [5.41, 5.74) is 0.166. The molecule has 0 aliphatic heterocycles. The zero-order chi connectivity index (χ0) is 16.8. The lowest BCUT2D eigenvalue weighted by atomic mass is 10.1. The van der Waals surface area contributed by atoms with Crippen LogP contribution in [0, 0.1) is 0 Å². The van der Waals surface area contributed by atoms with Gasteiger partial charge in [-0.2, -0.15) is 0 Å². The molecule has 1 aromatic carbocycles. The van der Waals surface area contributed by atoms with Gasteiger partial charge in [0.2, 0.25) is 5.91 Å². The summed E-state index contributed by atoms with van der Waals surface area (Å²) in [7, 11) is 0. The fraction of sp³-hybridized carbons (Fsp3) is 0.400. The van der Waals surface area contributed by atoms with Gasteiger partial charge in [-0.05, 0) is 18.6 Å². The van der Waals surface area contributed by atoms with Crippen molar-refractivity contribution in [2.45, 2.75) is 38.8 Å². The molecule has 8 heteroatoms. The van der Waals surface area contributed by atoms with Gasteiger partial charge in [-0.3, -0.25) is 9.59 Å². The number of carboxylic acid groups (broad SMARTS) is 1. The number of amides is 1. The van der Waals surface area contributed by atoms with E-state index in [-0.39, 0.29) is 18.5 Å². The van der Waals surface area contributed by atoms with E-state index in [0.29, 0.717) is 23.7 Å². The quantitative estimate of drug-likeness (QED) is 0.770. The molecule has 0 radical (unpaired) electrons. The number of hydrogen-bond donors (Lipinski definition) is 2. The van der Waals surface area contributed by atoms with Crippen LogP contribution in [0.4, 0.5) is 0 Å². The molecule has 8 nitrogen and oxygen atoms in total. The summed E-state index contributed by atoms with van der Waals surface area (Å²) >= 11 is 0. The maximum Gasteiger partial charge on any atom is 0.326 e. The highest BCUT2D eigenvalue weighted by atomic mass is 16.4. The lowest BCUT2D eigenvalue weighted by Crippen LogP contribution is -2.41. The van der Waals surface area contributed by atoms with Crippen molar-refractivity contribution in [3.8, 4) is 0 Å². The van der Waals surface area contributed by atoms with Gasteiger partial charge < -0.3 is 10.4 Å². The predicted octanol–water partition coefficient (Wildman–Crippen LogP) is 0.551. The SMILES string of the molecule is CCC[C@H](NC(=O)CCn1nnc2ccccc2c1=O)C(=O)O. The van der Waals surface area contributed by atoms with Crippen LogP contribution in [0.3, 0.4) is 0 Å². The van der Waals surface area contributed by atoms with Crippen molar-refractivity contribution < 1.29 is 14.7 Å². The third kappa shape index (κ3) is 4.12. The highest BCUT2D eigenvalue weighted by molar-refractivity contribution is 5.83. The number of fused-ring (bicyclic) bond motifs is 1. The number of nitrogens with zero attached hydrogens (tertiary/aromatic N) is 3. The normalized spacial score (nSPS) is 12.0. The van der Waals surface area contributed by atoms with Gasteiger partial charge in [0, 0.05) is 6.42 Å². The maximum absolute atomic E-state index is 12.2. The second kappa shape index (κ2) is 7.48. The Morgan fingerprint density at radius 2 is 2.09 bits per heavy atom. The van der Waals surface area contributed by atoms with Gasteiger partial charge in [-0.15, -0.1) is 5.10 Å². The number of carbonyl (C=O) groups is 2. The van der Waals surface area contributed by atoms with E-state index in [1.807, 2.05) is 6.92 Å². The van der Waals surface area contributed by atoms with E-state index in [2.05, 4.69) is 15.6 Å². The Morgan fingerprint density at radius 3 is 2.78 bits per heavy atom. The van der Waals surface area contributed by atoms with Crippen molar-refractivity contribution in [3.63, 3.8) is 0 Å². The van der Waals surface area contributed by atoms with Gasteiger partial charge in [0.1, 0.15) is 11.6 Å². The fourth-order valence-electron chi connectivity index (χ4n) is 2.19. The van der Waals surface area contributed by atoms with Crippen LogP contribution in [0.1, 0.15) is 26.2 Å². The summed E-state index contributed by atoms with van der Waals surface area (Å²) < 4.78 is 1.11. The van der Waals surface area contributed by atoms with Gasteiger partial charge >= 0.3 is 5.97 Å². The van der Waals surface area contributed by atoms with Crippen LogP contribution in [-0.2, 0) is 16.1 Å². The predicted molar refractivity (Wildman–Crippen MR) is 82.9 cm³/mol. The van der Waals surface area contributed by atoms with E-state index >= 15 is 0 Å². The van der Waals surface area contributed by atoms with Gasteiger partial charge in [0.25, 0.3) is 5.56 Å². The summed E-state index contributed by atoms with van der Waals surface area (Å²) in [5, 5.41) is 19.6. The summed E-state index contributed by atoms with van der Waals surface area (Å²) in [6.45, 7) is 1.88. The second-order valence-corrected chi connectivity index (χ2v) is 5.13. The van der Waals surface area contributed by atoms with Crippen molar-refractivity contribution in [1.29, 1.82) is 0 Å². The van der Waals surface area contributed by atoms with Gasteiger partial charge in [-0.25, -0.2) is 9.48 Å². The summed E-state index contributed by atoms with van der Waals surface area (Å²) in [6, 6.07) is 5.90. The minimum atomic E-state index is -1.07. The molecule has 0 bridgehead atoms. The number of aromatic nitrogens is 3. The molecule has 1 heterocycles. The van der Waals surface area contributed by atoms with Crippen LogP contribution in [0.5, 0.6) is 0 Å². The lowest BCUT2D eigenvalue weighted by Gasteiger charge is -2.13. The molecule has 0 saturated heterocycles. The lowest BCUT2D eigenvalue weighted by molar-refractivity contribution is -0.142. The number of benzene rings is 1. The maximum atomic E-state index is 12.2. The average molecular weight is 318 g/mol. The molecular formula is C15H18N4O4. The first-order valence-electron chi connectivity index (χ1n) is 7.37. The zero-order valence-electron chi connectivity index (χ0n) is 12.7. The molecule has 0 saturated carbocycles. The van der Waals surface area contributed by atoms with Gasteiger partial charge in [0.05, 0.1) is 11.9 Å². The third-order valence-corrected chi connectivity index (χ3v) is 3.39. The Morgan fingerprint density at radius 1 is 1.35 bits per heavy atom. The van der Waals surface area contributed by atoms with E-state index in [9.17, 15) is 14.4 Å². The second-order valence-electron chi connectivity index (χ2n) is 5.13. The first kappa shape index (κ1) is 16.6. The van der Waals surface area contributed by atoms with E-state index in [4.69, 9.17) is 5.11 Å². The Balaban J connectivity index is 2.03. The molecule has 23 heavy (non-hydrogen) atoms. The van der Waals surface area contributed by atoms with Crippen LogP contribution in [0.25, 0.3) is 10.9 Å². The number of rotatable bonds is 7. The molecule has 1 amide bonds. The third-order valence-electron chi connectivity index (χ3n) is 3.39. The standard InChI is InChI=1S/C15H18N4O4/c1-2-5-12(15(22)23)16-13(20)8-9-19-14(21)10-6-3-4-7-11(10)17-18-19/h3-4,6-7,12H,2,5,8-9H2,1H3,(H,16,20)(H,22,23)/t12-/m0/s1. The zero-order valence-corrected chi connectivity index (χ0v) is 12.7. The van der Waals surface area contributed by atoms with Crippen LogP contribution in [-0.4, -0.2) is 38.0 Å². The van der Waals surface area contributed by atoms with Crippen molar-refractivity contribution >= 4 is 22.8 Å². The molecule has 1 atom stereocenters. The van der Waals surface area contributed by atoms with Crippen molar-refractivity contribution in [2.75, 3.05) is 0 Å². The first-order chi connectivity index (χ1) is 11.0. The van der Waals surface area contributed by atoms with Crippen LogP contribution < -0.4 is 10.9 Å². The highest BCUT2D eigenvalue weighted by Crippen LogP contribution is 2.03. The van der Waals surface area contributed by atoms with E-state index in [1.165, 1.54) is 0 Å². The highest BCUT2D eigenvalue weighted by Gasteiger charge is 2.18. The summed E-state index contributed by atoms with van der Waals surface area (Å²) in [4.78, 5) is 35.1. The molecule has 0 aliphatic rings. The minimum absolute atomic E-state index is 0.0412. The smallest absolute Gasteiger partial charge is 0.326 e. The molecule has 0 fully saturated rings. The summed E-state index contributed by atoms with van der Waals surface area (Å²) in [6.07, 6.45) is 0.962. The Hall–Kier alpha value is -2.77. The number of carboxylic acids is 1. The molecule has 2 rings (SSSR count). The van der Waals surface area contributed by atoms with Gasteiger partial charge in [-0.1, -0.05) is 30.7 Å². The number of aliphatic carboxylic acids is 1. The molecule has 1 aromatic heterocycles. The Bertz CT molecular complexity index is 771. The van der Waals surface area contributed by atoms with Crippen molar-refractivity contribution in [3.05, 3.63) is 34.6 Å². The topological polar surface area (TPSA) is 114 Å². The van der Waals surface area contributed by atoms with Crippen LogP contribution in [0.15, 0.2) is 29.1 Å². The van der Waals surface area contributed by atoms with Crippen molar-refractivity contribution in [2.24, 2.45) is 0 Å². The van der Waals surface area contributed by atoms with E-state index in [1.54, 1.807) is 24.3 Å². The number of hydrogen-bond acceptors (Lipinski definition) is 5. The van der Waals surface area contributed by atoms with E-state index < -0.39 is 17.9 Å².